The van der Waals surface area contributed by atoms with Crippen LogP contribution in [0.4, 0.5) is 9.80 Å². The van der Waals surface area contributed by atoms with Crippen LogP contribution in [0.2, 0.25) is 0 Å². The van der Waals surface area contributed by atoms with Crippen LogP contribution in [-0.2, 0) is 35.3 Å². The van der Waals surface area contributed by atoms with Gasteiger partial charge in [0.25, 0.3) is 0 Å². The number of thiophene rings is 1. The Morgan fingerprint density at radius 1 is 1.14 bits per heavy atom. The van der Waals surface area contributed by atoms with Crippen LogP contribution in [0.1, 0.15) is 46.9 Å². The van der Waals surface area contributed by atoms with Crippen molar-refractivity contribution in [3.63, 3.8) is 0 Å². The number of nitrogens with one attached hydrogen (secondary N) is 2. The summed E-state index contributed by atoms with van der Waals surface area (Å²) in [5.74, 6) is 0.639. The van der Waals surface area contributed by atoms with Crippen LogP contribution in [0.5, 0.6) is 5.75 Å². The second kappa shape index (κ2) is 12.2. The average molecular weight is 504 g/mol. The highest BCUT2D eigenvalue weighted by Gasteiger charge is 2.28. The molecule has 186 valence electrons. The Balaban J connectivity index is 1.33. The molecule has 0 fully saturated rings. The zero-order chi connectivity index (χ0) is 25.3. The van der Waals surface area contributed by atoms with Crippen molar-refractivity contribution in [3.05, 3.63) is 81.7 Å². The van der Waals surface area contributed by atoms with Gasteiger partial charge in [0.1, 0.15) is 22.9 Å². The molecule has 1 aliphatic rings. The summed E-state index contributed by atoms with van der Waals surface area (Å²) < 4.78 is 11.3. The normalized spacial score (nSPS) is 14.3. The molecule has 1 atom stereocenters. The highest BCUT2D eigenvalue weighted by atomic mass is 32.1. The maximum atomic E-state index is 12.7. The minimum atomic E-state index is -0.453. The predicted octanol–water partition coefficient (Wildman–Crippen LogP) is 5.37. The summed E-state index contributed by atoms with van der Waals surface area (Å²) in [6.45, 7) is 2.90. The lowest BCUT2D eigenvalue weighted by molar-refractivity contribution is -0.116. The number of rotatable bonds is 9. The molecular formula is C28H29N3O4S. The van der Waals surface area contributed by atoms with E-state index in [0.717, 1.165) is 27.3 Å². The van der Waals surface area contributed by atoms with Gasteiger partial charge in [-0.25, -0.2) is 4.79 Å². The molecular weight excluding hydrogens is 474 g/mol. The van der Waals surface area contributed by atoms with Crippen molar-refractivity contribution in [1.29, 1.82) is 5.26 Å². The van der Waals surface area contributed by atoms with Crippen molar-refractivity contribution >= 4 is 28.3 Å². The maximum Gasteiger partial charge on any atom is 0.407 e. The van der Waals surface area contributed by atoms with E-state index in [0.29, 0.717) is 49.4 Å². The topological polar surface area (TPSA) is 100 Å². The highest BCUT2D eigenvalue weighted by molar-refractivity contribution is 7.16. The molecule has 2 aromatic carbocycles. The number of fused-ring (bicyclic) bond motifs is 1. The first-order chi connectivity index (χ1) is 17.6. The lowest BCUT2D eigenvalue weighted by Crippen LogP contribution is -2.31. The first-order valence-electron chi connectivity index (χ1n) is 12.1. The Morgan fingerprint density at radius 2 is 1.92 bits per heavy atom. The Kier molecular flexibility index (Phi) is 8.58. The third kappa shape index (κ3) is 6.43. The number of nitrogens with zero attached hydrogens (tertiary/aromatic N) is 1. The zero-order valence-corrected chi connectivity index (χ0v) is 21.0. The summed E-state index contributed by atoms with van der Waals surface area (Å²) in [5.41, 5.74) is 3.44. The van der Waals surface area contributed by atoms with E-state index in [2.05, 4.69) is 16.7 Å². The molecule has 8 heteroatoms. The van der Waals surface area contributed by atoms with E-state index in [4.69, 9.17) is 9.47 Å². The van der Waals surface area contributed by atoms with Crippen molar-refractivity contribution in [2.75, 3.05) is 11.9 Å². The van der Waals surface area contributed by atoms with Crippen LogP contribution >= 0.6 is 11.3 Å². The number of anilines is 1. The number of alkyl carbamates (subject to hydrolysis) is 1. The number of amides is 2. The molecule has 0 saturated carbocycles. The van der Waals surface area contributed by atoms with Gasteiger partial charge in [0.15, 0.2) is 0 Å². The van der Waals surface area contributed by atoms with Crippen molar-refractivity contribution in [1.82, 2.24) is 5.32 Å². The highest BCUT2D eigenvalue weighted by Crippen LogP contribution is 2.38. The number of carbonyl (C=O) groups is 2. The van der Waals surface area contributed by atoms with E-state index in [1.807, 2.05) is 61.5 Å². The molecule has 2 amide bonds. The number of hydrogen-bond donors (Lipinski definition) is 2. The van der Waals surface area contributed by atoms with E-state index < -0.39 is 6.09 Å². The molecule has 7 nitrogen and oxygen atoms in total. The summed E-state index contributed by atoms with van der Waals surface area (Å²) in [6.07, 6.45) is 1.91. The Hall–Kier alpha value is -3.83. The third-order valence-corrected chi connectivity index (χ3v) is 7.20. The van der Waals surface area contributed by atoms with Crippen molar-refractivity contribution < 1.29 is 19.1 Å². The fourth-order valence-corrected chi connectivity index (χ4v) is 5.55. The van der Waals surface area contributed by atoms with Gasteiger partial charge in [-0.1, -0.05) is 48.5 Å². The molecule has 0 radical (unpaired) electrons. The number of hydrogen-bond acceptors (Lipinski definition) is 6. The first kappa shape index (κ1) is 25.3. The molecule has 3 aromatic rings. The minimum absolute atomic E-state index is 0.149. The van der Waals surface area contributed by atoms with Crippen molar-refractivity contribution in [2.45, 2.75) is 51.7 Å². The lowest BCUT2D eigenvalue weighted by atomic mass is 9.94. The minimum Gasteiger partial charge on any atom is -0.494 e. The summed E-state index contributed by atoms with van der Waals surface area (Å²) in [4.78, 5) is 26.0. The first-order valence-corrected chi connectivity index (χ1v) is 12.9. The summed E-state index contributed by atoms with van der Waals surface area (Å²) in [6, 6.07) is 19.6. The predicted molar refractivity (Wildman–Crippen MR) is 139 cm³/mol. The van der Waals surface area contributed by atoms with Crippen LogP contribution in [-0.4, -0.2) is 24.7 Å². The van der Waals surface area contributed by atoms with E-state index in [1.165, 1.54) is 11.3 Å². The van der Waals surface area contributed by atoms with E-state index in [9.17, 15) is 14.9 Å². The quantitative estimate of drug-likeness (QED) is 0.409. The largest absolute Gasteiger partial charge is 0.494 e. The average Bonchev–Trinajstić information content (AvgIpc) is 3.23. The Bertz CT molecular complexity index is 1250. The fourth-order valence-electron chi connectivity index (χ4n) is 4.27. The lowest BCUT2D eigenvalue weighted by Gasteiger charge is -2.22. The number of nitriles is 1. The smallest absolute Gasteiger partial charge is 0.407 e. The molecule has 1 heterocycles. The van der Waals surface area contributed by atoms with Crippen LogP contribution in [0, 0.1) is 11.3 Å². The second-order valence-corrected chi connectivity index (χ2v) is 9.62. The van der Waals surface area contributed by atoms with Gasteiger partial charge in [-0.15, -0.1) is 11.3 Å². The summed E-state index contributed by atoms with van der Waals surface area (Å²) in [7, 11) is 0. The van der Waals surface area contributed by atoms with Crippen molar-refractivity contribution in [2.24, 2.45) is 0 Å². The van der Waals surface area contributed by atoms with Gasteiger partial charge in [-0.3, -0.25) is 4.79 Å². The van der Waals surface area contributed by atoms with Gasteiger partial charge in [0.2, 0.25) is 5.91 Å². The van der Waals surface area contributed by atoms with Crippen molar-refractivity contribution in [3.8, 4) is 11.8 Å². The molecule has 0 bridgehead atoms. The maximum absolute atomic E-state index is 12.7. The summed E-state index contributed by atoms with van der Waals surface area (Å²) >= 11 is 1.40. The standard InChI is InChI=1S/C28H29N3O4S/c1-2-34-24-11-7-6-10-20(24)12-15-26(32)31-27-23(17-29)22-14-13-21(16-25(22)36-27)35-28(33)30-18-19-8-4-3-5-9-19/h3-11,21H,2,12-16,18H2,1H3,(H,30,33)(H,31,32). The number of aryl methyl sites for hydroxylation is 1. The number of para-hydroxylation sites is 1. The molecule has 36 heavy (non-hydrogen) atoms. The molecule has 0 saturated heterocycles. The van der Waals surface area contributed by atoms with Crippen LogP contribution in [0.25, 0.3) is 0 Å². The SMILES string of the molecule is CCOc1ccccc1CCC(=O)Nc1sc2c(c1C#N)CCC(OC(=O)NCc1ccccc1)C2. The molecule has 0 spiro atoms. The van der Waals surface area contributed by atoms with Crippen LogP contribution in [0.15, 0.2) is 54.6 Å². The second-order valence-electron chi connectivity index (χ2n) is 8.52. The molecule has 1 unspecified atom stereocenters. The summed E-state index contributed by atoms with van der Waals surface area (Å²) in [5, 5.41) is 16.0. The third-order valence-electron chi connectivity index (χ3n) is 6.03. The van der Waals surface area contributed by atoms with E-state index in [-0.39, 0.29) is 18.4 Å². The van der Waals surface area contributed by atoms with Gasteiger partial charge in [-0.05, 0) is 48.9 Å². The fraction of sp³-hybridized carbons (Fsp3) is 0.321. The Labute approximate surface area is 215 Å². The molecule has 1 aromatic heterocycles. The Morgan fingerprint density at radius 3 is 2.69 bits per heavy atom. The zero-order valence-electron chi connectivity index (χ0n) is 20.2. The van der Waals surface area contributed by atoms with E-state index in [1.54, 1.807) is 0 Å². The number of carbonyl (C=O) groups excluding carboxylic acids is 2. The molecule has 0 aliphatic heterocycles. The monoisotopic (exact) mass is 503 g/mol. The van der Waals surface area contributed by atoms with Gasteiger partial charge in [0, 0.05) is 24.3 Å². The van der Waals surface area contributed by atoms with E-state index >= 15 is 0 Å². The van der Waals surface area contributed by atoms with Gasteiger partial charge >= 0.3 is 6.09 Å². The number of ether oxygens (including phenoxy) is 2. The molecule has 4 rings (SSSR count). The van der Waals surface area contributed by atoms with Gasteiger partial charge < -0.3 is 20.1 Å². The number of benzene rings is 2. The van der Waals surface area contributed by atoms with Crippen LogP contribution < -0.4 is 15.4 Å². The molecule has 2 N–H and O–H groups in total. The molecule has 1 aliphatic carbocycles. The van der Waals surface area contributed by atoms with Gasteiger partial charge in [0.05, 0.1) is 12.2 Å². The van der Waals surface area contributed by atoms with Gasteiger partial charge in [-0.2, -0.15) is 5.26 Å². The van der Waals surface area contributed by atoms with Crippen LogP contribution in [0.3, 0.4) is 0 Å².